The maximum atomic E-state index is 12.7. The molecule has 0 saturated carbocycles. The summed E-state index contributed by atoms with van der Waals surface area (Å²) in [6.07, 6.45) is 1.92. The van der Waals surface area contributed by atoms with E-state index < -0.39 is 5.54 Å². The molecule has 156 valence electrons. The number of nitrogens with zero attached hydrogens (tertiary/aromatic N) is 2. The zero-order valence-corrected chi connectivity index (χ0v) is 19.8. The van der Waals surface area contributed by atoms with Gasteiger partial charge < -0.3 is 14.4 Å². The van der Waals surface area contributed by atoms with Gasteiger partial charge in [-0.3, -0.25) is 0 Å². The molecule has 30 heavy (non-hydrogen) atoms. The van der Waals surface area contributed by atoms with E-state index >= 15 is 0 Å². The first-order chi connectivity index (χ1) is 14.6. The Labute approximate surface area is 196 Å². The molecule has 1 fully saturated rings. The number of carbonyl (C=O) groups is 1. The summed E-state index contributed by atoms with van der Waals surface area (Å²) in [7, 11) is 0. The zero-order valence-electron chi connectivity index (χ0n) is 16.1. The highest BCUT2D eigenvalue weighted by Crippen LogP contribution is 2.50. The lowest BCUT2D eigenvalue weighted by atomic mass is 9.72. The van der Waals surface area contributed by atoms with Gasteiger partial charge in [0.25, 0.3) is 0 Å². The van der Waals surface area contributed by atoms with Gasteiger partial charge in [0.05, 0.1) is 0 Å². The predicted octanol–water partition coefficient (Wildman–Crippen LogP) is 4.83. The Hall–Kier alpha value is -1.90. The summed E-state index contributed by atoms with van der Waals surface area (Å²) >= 11 is 5.76. The van der Waals surface area contributed by atoms with Crippen LogP contribution in [-0.2, 0) is 21.7 Å². The Bertz CT molecular complexity index is 982. The number of hydrogen-bond donors (Lipinski definition) is 0. The SMILES string of the molecule is O=C=N[C@@]1(CI)c2cc(Br)ccc2O[C@H]2CCN(C(=O)OCc3ccccc3)C[C@@H]21. The molecule has 0 unspecified atom stereocenters. The fourth-order valence-corrected chi connectivity index (χ4v) is 5.75. The van der Waals surface area contributed by atoms with Crippen molar-refractivity contribution in [3.63, 3.8) is 0 Å². The highest BCUT2D eigenvalue weighted by Gasteiger charge is 2.53. The van der Waals surface area contributed by atoms with Crippen molar-refractivity contribution in [2.45, 2.75) is 24.7 Å². The maximum Gasteiger partial charge on any atom is 0.410 e. The van der Waals surface area contributed by atoms with Crippen molar-refractivity contribution in [1.29, 1.82) is 0 Å². The van der Waals surface area contributed by atoms with Crippen molar-refractivity contribution in [1.82, 2.24) is 4.90 Å². The second kappa shape index (κ2) is 9.08. The van der Waals surface area contributed by atoms with E-state index in [9.17, 15) is 9.59 Å². The third kappa shape index (κ3) is 4.00. The summed E-state index contributed by atoms with van der Waals surface area (Å²) < 4.78 is 13.2. The van der Waals surface area contributed by atoms with Crippen LogP contribution in [0.5, 0.6) is 5.75 Å². The molecule has 2 aliphatic heterocycles. The van der Waals surface area contributed by atoms with Gasteiger partial charge in [0.15, 0.2) is 0 Å². The van der Waals surface area contributed by atoms with E-state index in [-0.39, 0.29) is 24.7 Å². The van der Waals surface area contributed by atoms with Crippen LogP contribution in [0.3, 0.4) is 0 Å². The van der Waals surface area contributed by atoms with Crippen LogP contribution in [0.4, 0.5) is 4.79 Å². The first-order valence-electron chi connectivity index (χ1n) is 9.64. The van der Waals surface area contributed by atoms with E-state index in [2.05, 4.69) is 43.5 Å². The van der Waals surface area contributed by atoms with Gasteiger partial charge in [0, 0.05) is 39.9 Å². The second-order valence-corrected chi connectivity index (χ2v) is 9.12. The molecule has 0 N–H and O–H groups in total. The molecule has 0 radical (unpaired) electrons. The molecule has 0 aliphatic carbocycles. The number of aliphatic imine (C=N–C) groups is 1. The lowest BCUT2D eigenvalue weighted by Gasteiger charge is -2.49. The lowest BCUT2D eigenvalue weighted by molar-refractivity contribution is -0.0104. The van der Waals surface area contributed by atoms with Gasteiger partial charge in [-0.05, 0) is 23.8 Å². The molecule has 8 heteroatoms. The number of amides is 1. The van der Waals surface area contributed by atoms with E-state index in [1.165, 1.54) is 0 Å². The standard InChI is InChI=1S/C22H20BrIN2O4/c23-16-6-7-19-17(10-16)22(13-24,25-14-27)18-11-26(9-8-20(18)30-19)21(28)29-12-15-4-2-1-3-5-15/h1-7,10,18,20H,8-9,11-13H2/t18-,20-,22-/m0/s1. The minimum Gasteiger partial charge on any atom is -0.490 e. The smallest absolute Gasteiger partial charge is 0.410 e. The number of halogens is 2. The van der Waals surface area contributed by atoms with Gasteiger partial charge in [-0.2, -0.15) is 4.99 Å². The number of fused-ring (bicyclic) bond motifs is 2. The fraction of sp³-hybridized carbons (Fsp3) is 0.364. The number of hydrogen-bond acceptors (Lipinski definition) is 5. The zero-order chi connectivity index (χ0) is 21.1. The van der Waals surface area contributed by atoms with Crippen LogP contribution in [0.25, 0.3) is 0 Å². The van der Waals surface area contributed by atoms with Gasteiger partial charge in [-0.15, -0.1) is 0 Å². The van der Waals surface area contributed by atoms with Gasteiger partial charge in [-0.1, -0.05) is 68.9 Å². The number of piperidine rings is 1. The summed E-state index contributed by atoms with van der Waals surface area (Å²) in [5, 5.41) is 0. The third-order valence-electron chi connectivity index (χ3n) is 5.76. The van der Waals surface area contributed by atoms with Crippen molar-refractivity contribution < 1.29 is 19.1 Å². The van der Waals surface area contributed by atoms with E-state index in [0.717, 1.165) is 21.3 Å². The molecule has 2 heterocycles. The largest absolute Gasteiger partial charge is 0.490 e. The van der Waals surface area contributed by atoms with E-state index in [1.807, 2.05) is 48.5 Å². The molecule has 2 aromatic carbocycles. The monoisotopic (exact) mass is 582 g/mol. The number of benzene rings is 2. The van der Waals surface area contributed by atoms with Crippen LogP contribution in [-0.4, -0.2) is 40.7 Å². The van der Waals surface area contributed by atoms with Gasteiger partial charge >= 0.3 is 6.09 Å². The quantitative estimate of drug-likeness (QED) is 0.224. The Morgan fingerprint density at radius 3 is 2.87 bits per heavy atom. The van der Waals surface area contributed by atoms with Crippen molar-refractivity contribution in [3.05, 3.63) is 64.1 Å². The second-order valence-electron chi connectivity index (χ2n) is 7.44. The van der Waals surface area contributed by atoms with Crippen molar-refractivity contribution >= 4 is 50.7 Å². The van der Waals surface area contributed by atoms with Crippen LogP contribution < -0.4 is 4.74 Å². The average Bonchev–Trinajstić information content (AvgIpc) is 2.78. The molecule has 4 rings (SSSR count). The molecular formula is C22H20BrIN2O4. The fourth-order valence-electron chi connectivity index (χ4n) is 4.24. The predicted molar refractivity (Wildman–Crippen MR) is 124 cm³/mol. The van der Waals surface area contributed by atoms with Crippen molar-refractivity contribution in [3.8, 4) is 5.75 Å². The van der Waals surface area contributed by atoms with Gasteiger partial charge in [0.2, 0.25) is 6.08 Å². The summed E-state index contributed by atoms with van der Waals surface area (Å²) in [6, 6.07) is 15.3. The maximum absolute atomic E-state index is 12.7. The summed E-state index contributed by atoms with van der Waals surface area (Å²) in [4.78, 5) is 30.2. The van der Waals surface area contributed by atoms with Crippen LogP contribution >= 0.6 is 38.5 Å². The first-order valence-corrected chi connectivity index (χ1v) is 12.0. The summed E-state index contributed by atoms with van der Waals surface area (Å²) in [5.41, 5.74) is 0.978. The Balaban J connectivity index is 1.58. The highest BCUT2D eigenvalue weighted by atomic mass is 127. The van der Waals surface area contributed by atoms with Crippen molar-refractivity contribution in [2.24, 2.45) is 10.9 Å². The molecule has 0 bridgehead atoms. The van der Waals surface area contributed by atoms with Gasteiger partial charge in [-0.25, -0.2) is 9.59 Å². The van der Waals surface area contributed by atoms with E-state index in [1.54, 1.807) is 11.0 Å². The van der Waals surface area contributed by atoms with Gasteiger partial charge in [0.1, 0.15) is 24.0 Å². The van der Waals surface area contributed by atoms with Crippen LogP contribution in [0.15, 0.2) is 58.0 Å². The van der Waals surface area contributed by atoms with Crippen LogP contribution in [0.2, 0.25) is 0 Å². The molecular weight excluding hydrogens is 563 g/mol. The number of alkyl halides is 1. The lowest BCUT2D eigenvalue weighted by Crippen LogP contribution is -2.58. The third-order valence-corrected chi connectivity index (χ3v) is 7.42. The minimum atomic E-state index is -0.803. The molecule has 3 atom stereocenters. The number of carbonyl (C=O) groups excluding carboxylic acids is 2. The molecule has 2 aliphatic rings. The van der Waals surface area contributed by atoms with Crippen LogP contribution in [0.1, 0.15) is 17.5 Å². The highest BCUT2D eigenvalue weighted by molar-refractivity contribution is 14.1. The number of rotatable bonds is 4. The number of isocyanates is 1. The molecule has 2 aromatic rings. The van der Waals surface area contributed by atoms with E-state index in [4.69, 9.17) is 9.47 Å². The van der Waals surface area contributed by atoms with Crippen molar-refractivity contribution in [2.75, 3.05) is 17.5 Å². The average molecular weight is 583 g/mol. The van der Waals surface area contributed by atoms with Crippen LogP contribution in [0, 0.1) is 5.92 Å². The molecule has 0 spiro atoms. The number of ether oxygens (including phenoxy) is 2. The summed E-state index contributed by atoms with van der Waals surface area (Å²) in [6.45, 7) is 1.15. The van der Waals surface area contributed by atoms with E-state index in [0.29, 0.717) is 23.9 Å². The Kier molecular flexibility index (Phi) is 6.46. The molecule has 0 aromatic heterocycles. The normalized spacial score (nSPS) is 24.7. The topological polar surface area (TPSA) is 68.2 Å². The number of likely N-dealkylation sites (tertiary alicyclic amines) is 1. The molecule has 1 amide bonds. The Morgan fingerprint density at radius 2 is 2.13 bits per heavy atom. The summed E-state index contributed by atoms with van der Waals surface area (Å²) in [5.74, 6) is 0.561. The minimum absolute atomic E-state index is 0.135. The molecule has 1 saturated heterocycles. The Morgan fingerprint density at radius 1 is 1.33 bits per heavy atom. The first kappa shape index (κ1) is 21.3. The molecule has 6 nitrogen and oxygen atoms in total.